The van der Waals surface area contributed by atoms with Gasteiger partial charge in [0, 0.05) is 6.54 Å². The van der Waals surface area contributed by atoms with E-state index >= 15 is 0 Å². The average molecular weight is 510 g/mol. The van der Waals surface area contributed by atoms with E-state index in [0.29, 0.717) is 18.9 Å². The molecule has 0 heterocycles. The maximum Gasteiger partial charge on any atom is 0.244 e. The molecular formula is C30H55NO3S. The standard InChI is InChI=1S/C30H55NO3S/c1-8-10-12-13-14-15-16-17-18-19-23-34-27-21-20-26(30(6,7)25-29(3,4)5)24-28(27)35(32,33)31-22-11-9-2/h20-21,24,31H,8-19,22-23,25H2,1-7H3. The smallest absolute Gasteiger partial charge is 0.244 e. The highest BCUT2D eigenvalue weighted by Crippen LogP contribution is 2.38. The number of rotatable bonds is 19. The van der Waals surface area contributed by atoms with Gasteiger partial charge in [-0.05, 0) is 47.8 Å². The minimum atomic E-state index is -3.63. The van der Waals surface area contributed by atoms with Crippen LogP contribution in [0.2, 0.25) is 0 Å². The molecule has 0 aliphatic rings. The monoisotopic (exact) mass is 509 g/mol. The molecule has 1 aromatic carbocycles. The summed E-state index contributed by atoms with van der Waals surface area (Å²) in [6, 6.07) is 5.75. The second-order valence-corrected chi connectivity index (χ2v) is 13.8. The van der Waals surface area contributed by atoms with Crippen molar-refractivity contribution in [2.24, 2.45) is 5.41 Å². The molecule has 0 radical (unpaired) electrons. The van der Waals surface area contributed by atoms with Crippen molar-refractivity contribution in [3.63, 3.8) is 0 Å². The molecule has 0 saturated heterocycles. The van der Waals surface area contributed by atoms with E-state index in [9.17, 15) is 8.42 Å². The van der Waals surface area contributed by atoms with E-state index in [4.69, 9.17) is 4.74 Å². The molecule has 1 aromatic rings. The summed E-state index contributed by atoms with van der Waals surface area (Å²) < 4.78 is 35.2. The summed E-state index contributed by atoms with van der Waals surface area (Å²) in [4.78, 5) is 0.278. The second kappa shape index (κ2) is 15.9. The first-order chi connectivity index (χ1) is 16.4. The van der Waals surface area contributed by atoms with Gasteiger partial charge in [-0.15, -0.1) is 0 Å². The third-order valence-corrected chi connectivity index (χ3v) is 8.05. The minimum Gasteiger partial charge on any atom is -0.492 e. The van der Waals surface area contributed by atoms with Crippen LogP contribution in [0.3, 0.4) is 0 Å². The van der Waals surface area contributed by atoms with Gasteiger partial charge in [0.15, 0.2) is 0 Å². The van der Waals surface area contributed by atoms with Crippen molar-refractivity contribution < 1.29 is 13.2 Å². The number of hydrogen-bond acceptors (Lipinski definition) is 3. The summed E-state index contributed by atoms with van der Waals surface area (Å²) in [5.74, 6) is 0.472. The van der Waals surface area contributed by atoms with E-state index in [1.54, 1.807) is 0 Å². The van der Waals surface area contributed by atoms with E-state index in [2.05, 4.69) is 53.2 Å². The summed E-state index contributed by atoms with van der Waals surface area (Å²) >= 11 is 0. The number of unbranched alkanes of at least 4 members (excludes halogenated alkanes) is 10. The first-order valence-corrected chi connectivity index (χ1v) is 15.7. The average Bonchev–Trinajstić information content (AvgIpc) is 2.76. The number of hydrogen-bond donors (Lipinski definition) is 1. The predicted octanol–water partition coefficient (Wildman–Crippen LogP) is 8.78. The van der Waals surface area contributed by atoms with Crippen molar-refractivity contribution in [2.75, 3.05) is 13.2 Å². The van der Waals surface area contributed by atoms with E-state index in [0.717, 1.165) is 37.7 Å². The van der Waals surface area contributed by atoms with Gasteiger partial charge in [0.25, 0.3) is 0 Å². The quantitative estimate of drug-likeness (QED) is 0.190. The van der Waals surface area contributed by atoms with Crippen LogP contribution < -0.4 is 9.46 Å². The first kappa shape index (κ1) is 32.0. The maximum absolute atomic E-state index is 13.2. The Kier molecular flexibility index (Phi) is 14.5. The Balaban J connectivity index is 2.78. The van der Waals surface area contributed by atoms with Gasteiger partial charge in [-0.25, -0.2) is 13.1 Å². The Bertz CT molecular complexity index is 809. The van der Waals surface area contributed by atoms with Gasteiger partial charge >= 0.3 is 0 Å². The third-order valence-electron chi connectivity index (χ3n) is 6.56. The van der Waals surface area contributed by atoms with Crippen LogP contribution in [0.15, 0.2) is 23.1 Å². The van der Waals surface area contributed by atoms with Gasteiger partial charge in [-0.2, -0.15) is 0 Å². The third kappa shape index (κ3) is 13.2. The Morgan fingerprint density at radius 2 is 1.31 bits per heavy atom. The SMILES string of the molecule is CCCCCCCCCCCCOc1ccc(C(C)(C)CC(C)(C)C)cc1S(=O)(=O)NCCCC. The molecule has 0 amide bonds. The van der Waals surface area contributed by atoms with Crippen molar-refractivity contribution in [1.29, 1.82) is 0 Å². The fraction of sp³-hybridized carbons (Fsp3) is 0.800. The summed E-state index contributed by atoms with van der Waals surface area (Å²) in [6.45, 7) is 16.4. The maximum atomic E-state index is 13.2. The second-order valence-electron chi connectivity index (χ2n) is 12.1. The van der Waals surface area contributed by atoms with Gasteiger partial charge in [0.05, 0.1) is 6.61 Å². The van der Waals surface area contributed by atoms with E-state index in [-0.39, 0.29) is 15.7 Å². The molecule has 0 aromatic heterocycles. The van der Waals surface area contributed by atoms with Crippen LogP contribution in [0, 0.1) is 5.41 Å². The highest BCUT2D eigenvalue weighted by Gasteiger charge is 2.30. The normalized spacial score (nSPS) is 12.8. The van der Waals surface area contributed by atoms with Crippen molar-refractivity contribution in [3.05, 3.63) is 23.8 Å². The van der Waals surface area contributed by atoms with Gasteiger partial charge in [-0.3, -0.25) is 0 Å². The van der Waals surface area contributed by atoms with Crippen LogP contribution >= 0.6 is 0 Å². The summed E-state index contributed by atoms with van der Waals surface area (Å²) in [6.07, 6.45) is 15.4. The summed E-state index contributed by atoms with van der Waals surface area (Å²) in [5.41, 5.74) is 1.04. The largest absolute Gasteiger partial charge is 0.492 e. The van der Waals surface area contributed by atoms with Crippen LogP contribution in [0.4, 0.5) is 0 Å². The van der Waals surface area contributed by atoms with Gasteiger partial charge in [-0.1, -0.05) is 119 Å². The number of ether oxygens (including phenoxy) is 1. The van der Waals surface area contributed by atoms with Crippen LogP contribution in [0.5, 0.6) is 5.75 Å². The molecule has 4 nitrogen and oxygen atoms in total. The highest BCUT2D eigenvalue weighted by molar-refractivity contribution is 7.89. The lowest BCUT2D eigenvalue weighted by Crippen LogP contribution is -2.28. The Labute approximate surface area is 218 Å². The molecule has 0 saturated carbocycles. The number of sulfonamides is 1. The van der Waals surface area contributed by atoms with Gasteiger partial charge in [0.1, 0.15) is 10.6 Å². The van der Waals surface area contributed by atoms with E-state index in [1.807, 2.05) is 18.2 Å². The fourth-order valence-corrected chi connectivity index (χ4v) is 6.16. The van der Waals surface area contributed by atoms with Crippen LogP contribution in [0.1, 0.15) is 138 Å². The zero-order chi connectivity index (χ0) is 26.4. The van der Waals surface area contributed by atoms with Gasteiger partial charge in [0.2, 0.25) is 10.0 Å². The summed E-state index contributed by atoms with van der Waals surface area (Å²) in [7, 11) is -3.63. The zero-order valence-corrected chi connectivity index (χ0v) is 24.8. The Hall–Kier alpha value is -1.07. The van der Waals surface area contributed by atoms with Crippen molar-refractivity contribution in [2.45, 2.75) is 142 Å². The Morgan fingerprint density at radius 1 is 0.771 bits per heavy atom. The molecule has 35 heavy (non-hydrogen) atoms. The highest BCUT2D eigenvalue weighted by atomic mass is 32.2. The molecule has 204 valence electrons. The van der Waals surface area contributed by atoms with Crippen LogP contribution in [-0.4, -0.2) is 21.6 Å². The fourth-order valence-electron chi connectivity index (χ4n) is 4.92. The van der Waals surface area contributed by atoms with E-state index < -0.39 is 10.0 Å². The first-order valence-electron chi connectivity index (χ1n) is 14.2. The molecule has 0 aliphatic carbocycles. The van der Waals surface area contributed by atoms with Crippen LogP contribution in [0.25, 0.3) is 0 Å². The molecule has 5 heteroatoms. The molecular weight excluding hydrogens is 454 g/mol. The molecule has 1 N–H and O–H groups in total. The summed E-state index contributed by atoms with van der Waals surface area (Å²) in [5, 5.41) is 0. The molecule has 0 atom stereocenters. The Morgan fingerprint density at radius 3 is 1.86 bits per heavy atom. The van der Waals surface area contributed by atoms with Crippen molar-refractivity contribution >= 4 is 10.0 Å². The molecule has 0 bridgehead atoms. The van der Waals surface area contributed by atoms with Gasteiger partial charge < -0.3 is 4.74 Å². The van der Waals surface area contributed by atoms with E-state index in [1.165, 1.54) is 51.4 Å². The van der Waals surface area contributed by atoms with Crippen molar-refractivity contribution in [3.8, 4) is 5.75 Å². The topological polar surface area (TPSA) is 55.4 Å². The van der Waals surface area contributed by atoms with Crippen LogP contribution in [-0.2, 0) is 15.4 Å². The molecule has 0 fully saturated rings. The lowest BCUT2D eigenvalue weighted by Gasteiger charge is -2.33. The number of benzene rings is 1. The molecule has 0 unspecified atom stereocenters. The lowest BCUT2D eigenvalue weighted by atomic mass is 9.72. The zero-order valence-electron chi connectivity index (χ0n) is 24.0. The predicted molar refractivity (Wildman–Crippen MR) is 151 cm³/mol. The molecule has 0 spiro atoms. The number of nitrogens with one attached hydrogen (secondary N) is 1. The lowest BCUT2D eigenvalue weighted by molar-refractivity contribution is 0.281. The minimum absolute atomic E-state index is 0.138. The van der Waals surface area contributed by atoms with Crippen molar-refractivity contribution in [1.82, 2.24) is 4.72 Å². The molecule has 0 aliphatic heterocycles. The molecule has 1 rings (SSSR count).